The van der Waals surface area contributed by atoms with Crippen molar-refractivity contribution in [1.29, 1.82) is 0 Å². The quantitative estimate of drug-likeness (QED) is 0.213. The van der Waals surface area contributed by atoms with E-state index in [0.717, 1.165) is 6.92 Å². The summed E-state index contributed by atoms with van der Waals surface area (Å²) in [7, 11) is 0. The van der Waals surface area contributed by atoms with Crippen molar-refractivity contribution in [2.24, 2.45) is 0 Å². The zero-order valence-corrected chi connectivity index (χ0v) is 12.7. The topological polar surface area (TPSA) is 127 Å². The summed E-state index contributed by atoms with van der Waals surface area (Å²) in [6.07, 6.45) is -2.05. The van der Waals surface area contributed by atoms with Crippen molar-refractivity contribution in [2.75, 3.05) is 6.61 Å². The van der Waals surface area contributed by atoms with E-state index in [2.05, 4.69) is 9.47 Å². The third kappa shape index (κ3) is 6.38. The molecule has 0 aliphatic rings. The Morgan fingerprint density at radius 3 is 2.09 bits per heavy atom. The fourth-order valence-corrected chi connectivity index (χ4v) is 1.63. The summed E-state index contributed by atoms with van der Waals surface area (Å²) in [4.78, 5) is 45.6. The van der Waals surface area contributed by atoms with E-state index in [4.69, 9.17) is 5.11 Å². The summed E-state index contributed by atoms with van der Waals surface area (Å²) in [6, 6.07) is 0. The normalized spacial score (nSPS) is 12.9. The number of esters is 2. The molecule has 0 heterocycles. The van der Waals surface area contributed by atoms with Crippen molar-refractivity contribution >= 4 is 23.7 Å². The Bertz CT molecular complexity index is 441. The van der Waals surface area contributed by atoms with Gasteiger partial charge in [-0.2, -0.15) is 0 Å². The van der Waals surface area contributed by atoms with Crippen molar-refractivity contribution in [3.63, 3.8) is 0 Å². The van der Waals surface area contributed by atoms with Gasteiger partial charge in [-0.05, 0) is 13.3 Å². The molecule has 0 fully saturated rings. The summed E-state index contributed by atoms with van der Waals surface area (Å²) in [5, 5.41) is 18.9. The third-order valence-electron chi connectivity index (χ3n) is 2.46. The van der Waals surface area contributed by atoms with Crippen LogP contribution in [0.5, 0.6) is 0 Å². The lowest BCUT2D eigenvalue weighted by molar-refractivity contribution is -0.151. The number of ether oxygens (including phenoxy) is 2. The highest BCUT2D eigenvalue weighted by molar-refractivity contribution is 6.17. The number of ketones is 1. The van der Waals surface area contributed by atoms with Gasteiger partial charge in [-0.25, -0.2) is 4.79 Å². The largest absolute Gasteiger partial charge is 0.507 e. The van der Waals surface area contributed by atoms with Crippen LogP contribution in [-0.4, -0.2) is 46.6 Å². The SMILES string of the molecule is CCCC(=O)/C(C(=O)OCC)=C(\O)[C@H](CC(=O)O)OC(C)=O. The Balaban J connectivity index is 5.75. The number of aliphatic carboxylic acids is 1. The van der Waals surface area contributed by atoms with Gasteiger partial charge in [0.25, 0.3) is 0 Å². The van der Waals surface area contributed by atoms with Gasteiger partial charge in [0.1, 0.15) is 5.57 Å². The zero-order chi connectivity index (χ0) is 17.3. The molecular weight excluding hydrogens is 296 g/mol. The molecule has 0 amide bonds. The van der Waals surface area contributed by atoms with Gasteiger partial charge in [0.15, 0.2) is 17.6 Å². The van der Waals surface area contributed by atoms with Gasteiger partial charge < -0.3 is 19.7 Å². The molecule has 124 valence electrons. The van der Waals surface area contributed by atoms with Gasteiger partial charge in [-0.1, -0.05) is 6.92 Å². The maximum absolute atomic E-state index is 12.0. The second kappa shape index (κ2) is 9.54. The molecule has 0 radical (unpaired) electrons. The Hall–Kier alpha value is -2.38. The van der Waals surface area contributed by atoms with Crippen LogP contribution >= 0.6 is 0 Å². The van der Waals surface area contributed by atoms with E-state index in [0.29, 0.717) is 6.42 Å². The van der Waals surface area contributed by atoms with Gasteiger partial charge in [0, 0.05) is 13.3 Å². The summed E-state index contributed by atoms with van der Waals surface area (Å²) in [5.74, 6) is -4.93. The Kier molecular flexibility index (Phi) is 8.51. The molecule has 0 saturated heterocycles. The van der Waals surface area contributed by atoms with E-state index in [9.17, 15) is 24.3 Å². The number of carbonyl (C=O) groups is 4. The fourth-order valence-electron chi connectivity index (χ4n) is 1.63. The number of carbonyl (C=O) groups excluding carboxylic acids is 3. The highest BCUT2D eigenvalue weighted by Gasteiger charge is 2.31. The van der Waals surface area contributed by atoms with Crippen LogP contribution in [-0.2, 0) is 28.7 Å². The van der Waals surface area contributed by atoms with Crippen LogP contribution in [0.25, 0.3) is 0 Å². The summed E-state index contributed by atoms with van der Waals surface area (Å²) in [6.45, 7) is 4.18. The van der Waals surface area contributed by atoms with Crippen LogP contribution in [0.3, 0.4) is 0 Å². The van der Waals surface area contributed by atoms with Crippen LogP contribution in [0, 0.1) is 0 Å². The first-order valence-electron chi connectivity index (χ1n) is 6.76. The molecule has 0 aromatic rings. The minimum absolute atomic E-state index is 0.0355. The minimum Gasteiger partial charge on any atom is -0.507 e. The third-order valence-corrected chi connectivity index (χ3v) is 2.46. The summed E-state index contributed by atoms with van der Waals surface area (Å²) in [5.41, 5.74) is -0.684. The lowest BCUT2D eigenvalue weighted by atomic mass is 10.0. The van der Waals surface area contributed by atoms with Gasteiger partial charge in [-0.3, -0.25) is 14.4 Å². The van der Waals surface area contributed by atoms with Gasteiger partial charge >= 0.3 is 17.9 Å². The van der Waals surface area contributed by atoms with E-state index in [1.54, 1.807) is 6.92 Å². The number of rotatable bonds is 9. The first-order valence-corrected chi connectivity index (χ1v) is 6.76. The van der Waals surface area contributed by atoms with E-state index in [-0.39, 0.29) is 13.0 Å². The van der Waals surface area contributed by atoms with E-state index >= 15 is 0 Å². The molecule has 22 heavy (non-hydrogen) atoms. The smallest absolute Gasteiger partial charge is 0.345 e. The molecule has 0 spiro atoms. The molecule has 0 aliphatic heterocycles. The number of aliphatic hydroxyl groups excluding tert-OH is 1. The predicted molar refractivity (Wildman–Crippen MR) is 74.0 cm³/mol. The Morgan fingerprint density at radius 1 is 1.09 bits per heavy atom. The molecule has 2 N–H and O–H groups in total. The van der Waals surface area contributed by atoms with E-state index in [1.807, 2.05) is 0 Å². The predicted octanol–water partition coefficient (Wildman–Crippen LogP) is 1.14. The molecule has 8 heteroatoms. The molecule has 0 bridgehead atoms. The van der Waals surface area contributed by atoms with Crippen molar-refractivity contribution in [1.82, 2.24) is 0 Å². The van der Waals surface area contributed by atoms with E-state index in [1.165, 1.54) is 6.92 Å². The van der Waals surface area contributed by atoms with Crippen LogP contribution < -0.4 is 0 Å². The molecule has 8 nitrogen and oxygen atoms in total. The zero-order valence-electron chi connectivity index (χ0n) is 12.7. The number of carboxylic acids is 1. The maximum Gasteiger partial charge on any atom is 0.345 e. The average Bonchev–Trinajstić information content (AvgIpc) is 2.37. The highest BCUT2D eigenvalue weighted by Crippen LogP contribution is 2.18. The number of hydrogen-bond donors (Lipinski definition) is 2. The fraction of sp³-hybridized carbons (Fsp3) is 0.571. The molecule has 0 aromatic carbocycles. The van der Waals surface area contributed by atoms with Crippen LogP contribution in [0.4, 0.5) is 0 Å². The lowest BCUT2D eigenvalue weighted by Crippen LogP contribution is -2.28. The monoisotopic (exact) mass is 316 g/mol. The first-order chi connectivity index (χ1) is 10.2. The number of Topliss-reactive ketones (excluding diaryl/α,β-unsaturated/α-hetero) is 1. The van der Waals surface area contributed by atoms with Crippen LogP contribution in [0.15, 0.2) is 11.3 Å². The van der Waals surface area contributed by atoms with Crippen LogP contribution in [0.2, 0.25) is 0 Å². The number of aliphatic hydroxyl groups is 1. The molecule has 0 aliphatic carbocycles. The first kappa shape index (κ1) is 19.6. The van der Waals surface area contributed by atoms with E-state index < -0.39 is 47.5 Å². The second-order valence-corrected chi connectivity index (χ2v) is 4.35. The minimum atomic E-state index is -1.63. The highest BCUT2D eigenvalue weighted by atomic mass is 16.6. The molecule has 0 unspecified atom stereocenters. The molecule has 0 rings (SSSR count). The molecule has 0 saturated carbocycles. The van der Waals surface area contributed by atoms with Crippen molar-refractivity contribution in [3.8, 4) is 0 Å². The molecule has 0 aromatic heterocycles. The standard InChI is InChI=1S/C14H20O8/c1-4-6-9(16)12(14(20)21-5-2)13(19)10(7-11(17)18)22-8(3)15/h10,19H,4-7H2,1-3H3,(H,17,18)/b13-12+/t10-/m0/s1. The number of hydrogen-bond acceptors (Lipinski definition) is 7. The van der Waals surface area contributed by atoms with Gasteiger partial charge in [-0.15, -0.1) is 0 Å². The summed E-state index contributed by atoms with van der Waals surface area (Å²) < 4.78 is 9.36. The van der Waals surface area contributed by atoms with Crippen LogP contribution in [0.1, 0.15) is 40.0 Å². The Labute approximate surface area is 127 Å². The van der Waals surface area contributed by atoms with Gasteiger partial charge in [0.2, 0.25) is 0 Å². The lowest BCUT2D eigenvalue weighted by Gasteiger charge is -2.17. The maximum atomic E-state index is 12.0. The molecular formula is C14H20O8. The average molecular weight is 316 g/mol. The molecule has 1 atom stereocenters. The second-order valence-electron chi connectivity index (χ2n) is 4.35. The summed E-state index contributed by atoms with van der Waals surface area (Å²) >= 11 is 0. The van der Waals surface area contributed by atoms with Gasteiger partial charge in [0.05, 0.1) is 13.0 Å². The number of carboxylic acid groups (broad SMARTS) is 1. The van der Waals surface area contributed by atoms with Crippen molar-refractivity contribution in [2.45, 2.75) is 46.1 Å². The van der Waals surface area contributed by atoms with Crippen molar-refractivity contribution < 1.29 is 38.9 Å². The van der Waals surface area contributed by atoms with Crippen molar-refractivity contribution in [3.05, 3.63) is 11.3 Å². The Morgan fingerprint density at radius 2 is 1.68 bits per heavy atom.